The van der Waals surface area contributed by atoms with Crippen LogP contribution in [0.3, 0.4) is 0 Å². The van der Waals surface area contributed by atoms with Crippen molar-refractivity contribution in [2.24, 2.45) is 5.41 Å². The first-order valence-electron chi connectivity index (χ1n) is 6.92. The van der Waals surface area contributed by atoms with E-state index in [1.54, 1.807) is 19.9 Å². The highest BCUT2D eigenvalue weighted by atomic mass is 79.9. The van der Waals surface area contributed by atoms with Crippen LogP contribution in [0.5, 0.6) is 0 Å². The smallest absolute Gasteiger partial charge is 0.309 e. The van der Waals surface area contributed by atoms with E-state index in [4.69, 9.17) is 9.52 Å². The van der Waals surface area contributed by atoms with E-state index in [0.717, 1.165) is 15.4 Å². The highest BCUT2D eigenvalue weighted by Crippen LogP contribution is 2.28. The van der Waals surface area contributed by atoms with Crippen molar-refractivity contribution in [3.05, 3.63) is 34.0 Å². The van der Waals surface area contributed by atoms with Crippen LogP contribution >= 0.6 is 15.9 Å². The summed E-state index contributed by atoms with van der Waals surface area (Å²) in [5.41, 5.74) is 0.818. The molecule has 6 heteroatoms. The number of furan rings is 1. The lowest BCUT2D eigenvalue weighted by Gasteiger charge is -2.18. The number of halogens is 1. The van der Waals surface area contributed by atoms with Gasteiger partial charge in [0, 0.05) is 11.9 Å². The average Bonchev–Trinajstić information content (AvgIpc) is 2.82. The Balaban J connectivity index is 2.08. The van der Waals surface area contributed by atoms with Crippen LogP contribution in [0.15, 0.2) is 27.1 Å². The van der Waals surface area contributed by atoms with Gasteiger partial charge in [0.15, 0.2) is 5.76 Å². The largest absolute Gasteiger partial charge is 0.481 e. The fraction of sp³-hybridized carbons (Fsp3) is 0.375. The van der Waals surface area contributed by atoms with Crippen LogP contribution in [-0.4, -0.2) is 23.5 Å². The number of aliphatic carboxylic acids is 1. The lowest BCUT2D eigenvalue weighted by Crippen LogP contribution is -2.31. The summed E-state index contributed by atoms with van der Waals surface area (Å²) in [4.78, 5) is 23.1. The Kier molecular flexibility index (Phi) is 4.60. The number of carboxylic acid groups (broad SMARTS) is 1. The minimum atomic E-state index is -0.884. The SMILES string of the molecule is Cc1cc(Br)c2oc(C(=O)NCCC(C)(C)C(=O)O)cc2c1. The number of nitrogens with one attached hydrogen (secondary N) is 1. The molecule has 0 saturated carbocycles. The van der Waals surface area contributed by atoms with E-state index in [2.05, 4.69) is 21.2 Å². The summed E-state index contributed by atoms with van der Waals surface area (Å²) in [7, 11) is 0. The van der Waals surface area contributed by atoms with Crippen molar-refractivity contribution in [2.75, 3.05) is 6.54 Å². The fourth-order valence-electron chi connectivity index (χ4n) is 2.05. The van der Waals surface area contributed by atoms with E-state index in [1.807, 2.05) is 19.1 Å². The molecule has 0 spiro atoms. The monoisotopic (exact) mass is 367 g/mol. The molecule has 0 unspecified atom stereocenters. The topological polar surface area (TPSA) is 79.5 Å². The van der Waals surface area contributed by atoms with Crippen LogP contribution in [0.2, 0.25) is 0 Å². The molecule has 0 atom stereocenters. The zero-order chi connectivity index (χ0) is 16.5. The molecule has 1 aromatic heterocycles. The Morgan fingerprint density at radius 3 is 2.64 bits per heavy atom. The molecular formula is C16H18BrNO4. The van der Waals surface area contributed by atoms with Gasteiger partial charge >= 0.3 is 5.97 Å². The number of hydrogen-bond acceptors (Lipinski definition) is 3. The lowest BCUT2D eigenvalue weighted by atomic mass is 9.90. The summed E-state index contributed by atoms with van der Waals surface area (Å²) in [5, 5.41) is 12.6. The Labute approximate surface area is 136 Å². The molecule has 1 aromatic carbocycles. The van der Waals surface area contributed by atoms with Gasteiger partial charge in [-0.1, -0.05) is 0 Å². The van der Waals surface area contributed by atoms with Crippen molar-refractivity contribution in [2.45, 2.75) is 27.2 Å². The first-order chi connectivity index (χ1) is 10.2. The van der Waals surface area contributed by atoms with Crippen LogP contribution in [0.25, 0.3) is 11.0 Å². The molecule has 0 aliphatic heterocycles. The predicted octanol–water partition coefficient (Wildman–Crippen LogP) is 3.73. The van der Waals surface area contributed by atoms with Gasteiger partial charge in [-0.2, -0.15) is 0 Å². The summed E-state index contributed by atoms with van der Waals surface area (Å²) in [5.74, 6) is -1.01. The Hall–Kier alpha value is -1.82. The Morgan fingerprint density at radius 1 is 1.32 bits per heavy atom. The normalized spacial score (nSPS) is 11.6. The molecule has 0 saturated heterocycles. The van der Waals surface area contributed by atoms with E-state index < -0.39 is 11.4 Å². The number of aryl methyl sites for hydroxylation is 1. The maximum absolute atomic E-state index is 12.1. The molecule has 2 rings (SSSR count). The standard InChI is InChI=1S/C16H18BrNO4/c1-9-6-10-8-12(22-13(10)11(17)7-9)14(19)18-5-4-16(2,3)15(20)21/h6-8H,4-5H2,1-3H3,(H,18,19)(H,20,21). The summed E-state index contributed by atoms with van der Waals surface area (Å²) in [6.45, 7) is 5.49. The van der Waals surface area contributed by atoms with Crippen LogP contribution in [0.1, 0.15) is 36.4 Å². The minimum Gasteiger partial charge on any atom is -0.481 e. The number of hydrogen-bond donors (Lipinski definition) is 2. The highest BCUT2D eigenvalue weighted by molar-refractivity contribution is 9.10. The number of carbonyl (C=O) groups excluding carboxylic acids is 1. The second kappa shape index (κ2) is 6.12. The number of fused-ring (bicyclic) bond motifs is 1. The van der Waals surface area contributed by atoms with E-state index in [-0.39, 0.29) is 18.2 Å². The lowest BCUT2D eigenvalue weighted by molar-refractivity contribution is -0.147. The van der Waals surface area contributed by atoms with E-state index in [9.17, 15) is 9.59 Å². The van der Waals surface area contributed by atoms with Crippen molar-refractivity contribution >= 4 is 38.8 Å². The zero-order valence-electron chi connectivity index (χ0n) is 12.7. The average molecular weight is 368 g/mol. The van der Waals surface area contributed by atoms with Gasteiger partial charge in [0.25, 0.3) is 5.91 Å². The number of carboxylic acids is 1. The molecule has 0 aliphatic carbocycles. The van der Waals surface area contributed by atoms with Gasteiger partial charge in [0.05, 0.1) is 9.89 Å². The van der Waals surface area contributed by atoms with E-state index in [1.165, 1.54) is 0 Å². The van der Waals surface area contributed by atoms with Crippen molar-refractivity contribution in [1.29, 1.82) is 0 Å². The molecule has 0 bridgehead atoms. The van der Waals surface area contributed by atoms with E-state index in [0.29, 0.717) is 12.0 Å². The summed E-state index contributed by atoms with van der Waals surface area (Å²) in [6, 6.07) is 5.54. The molecule has 0 fully saturated rings. The predicted molar refractivity (Wildman–Crippen MR) is 87.0 cm³/mol. The quantitative estimate of drug-likeness (QED) is 0.843. The molecule has 118 valence electrons. The van der Waals surface area contributed by atoms with Gasteiger partial charge in [-0.3, -0.25) is 9.59 Å². The zero-order valence-corrected chi connectivity index (χ0v) is 14.3. The molecule has 22 heavy (non-hydrogen) atoms. The van der Waals surface area contributed by atoms with Crippen molar-refractivity contribution < 1.29 is 19.1 Å². The molecule has 1 heterocycles. The molecular weight excluding hydrogens is 350 g/mol. The third-order valence-corrected chi connectivity index (χ3v) is 4.14. The van der Waals surface area contributed by atoms with Crippen LogP contribution in [-0.2, 0) is 4.79 Å². The van der Waals surface area contributed by atoms with E-state index >= 15 is 0 Å². The molecule has 1 amide bonds. The maximum atomic E-state index is 12.1. The van der Waals surface area contributed by atoms with Crippen molar-refractivity contribution in [3.8, 4) is 0 Å². The summed E-state index contributed by atoms with van der Waals surface area (Å²) in [6.07, 6.45) is 0.344. The van der Waals surface area contributed by atoms with Gasteiger partial charge in [-0.25, -0.2) is 0 Å². The molecule has 0 aliphatic rings. The summed E-state index contributed by atoms with van der Waals surface area (Å²) < 4.78 is 6.37. The van der Waals surface area contributed by atoms with Crippen molar-refractivity contribution in [1.82, 2.24) is 5.32 Å². The molecule has 5 nitrogen and oxygen atoms in total. The maximum Gasteiger partial charge on any atom is 0.309 e. The second-order valence-corrected chi connectivity index (χ2v) is 6.83. The third kappa shape index (κ3) is 3.50. The first-order valence-corrected chi connectivity index (χ1v) is 7.71. The van der Waals surface area contributed by atoms with Gasteiger partial charge in [-0.05, 0) is 66.9 Å². The third-order valence-electron chi connectivity index (χ3n) is 3.55. The molecule has 0 radical (unpaired) electrons. The number of amides is 1. The van der Waals surface area contributed by atoms with Gasteiger partial charge in [-0.15, -0.1) is 0 Å². The number of rotatable bonds is 5. The van der Waals surface area contributed by atoms with Crippen LogP contribution in [0.4, 0.5) is 0 Å². The Morgan fingerprint density at radius 2 is 2.00 bits per heavy atom. The van der Waals surface area contributed by atoms with Crippen LogP contribution < -0.4 is 5.32 Å². The van der Waals surface area contributed by atoms with Gasteiger partial charge in [0.2, 0.25) is 0 Å². The van der Waals surface area contributed by atoms with Crippen LogP contribution in [0, 0.1) is 12.3 Å². The van der Waals surface area contributed by atoms with Gasteiger partial charge in [0.1, 0.15) is 5.58 Å². The molecule has 2 aromatic rings. The Bertz CT molecular complexity index is 733. The molecule has 2 N–H and O–H groups in total. The minimum absolute atomic E-state index is 0.217. The van der Waals surface area contributed by atoms with Crippen molar-refractivity contribution in [3.63, 3.8) is 0 Å². The number of benzene rings is 1. The first kappa shape index (κ1) is 16.5. The highest BCUT2D eigenvalue weighted by Gasteiger charge is 2.26. The van der Waals surface area contributed by atoms with Gasteiger partial charge < -0.3 is 14.8 Å². The number of carbonyl (C=O) groups is 2. The summed E-state index contributed by atoms with van der Waals surface area (Å²) >= 11 is 3.41. The second-order valence-electron chi connectivity index (χ2n) is 5.97. The fourth-order valence-corrected chi connectivity index (χ4v) is 2.72.